The lowest BCUT2D eigenvalue weighted by Crippen LogP contribution is -2.40. The number of hydrogen-bond donors (Lipinski definition) is 1. The Labute approximate surface area is 167 Å². The first-order chi connectivity index (χ1) is 14.2. The van der Waals surface area contributed by atoms with Crippen LogP contribution in [0.1, 0.15) is 10.4 Å². The molecule has 29 heavy (non-hydrogen) atoms. The van der Waals surface area contributed by atoms with Crippen LogP contribution in [0.4, 0.5) is 11.5 Å². The van der Waals surface area contributed by atoms with Gasteiger partial charge in [-0.3, -0.25) is 14.2 Å². The molecule has 2 aliphatic rings. The van der Waals surface area contributed by atoms with Crippen LogP contribution in [0.3, 0.4) is 0 Å². The molecule has 0 aromatic carbocycles. The predicted octanol–water partition coefficient (Wildman–Crippen LogP) is -0.0406. The average molecular weight is 398 g/mol. The Balaban J connectivity index is 1.65. The largest absolute Gasteiger partial charge is 0.488 e. The number of amides is 1. The minimum Gasteiger partial charge on any atom is -0.488 e. The predicted molar refractivity (Wildman–Crippen MR) is 105 cm³/mol. The van der Waals surface area contributed by atoms with Crippen molar-refractivity contribution in [1.29, 1.82) is 0 Å². The summed E-state index contributed by atoms with van der Waals surface area (Å²) in [5, 5.41) is 4.12. The highest BCUT2D eigenvalue weighted by Crippen LogP contribution is 2.34. The molecule has 1 N–H and O–H groups in total. The fourth-order valence-corrected chi connectivity index (χ4v) is 3.37. The zero-order chi connectivity index (χ0) is 20.2. The van der Waals surface area contributed by atoms with Gasteiger partial charge in [0, 0.05) is 44.3 Å². The van der Waals surface area contributed by atoms with Crippen molar-refractivity contribution in [3.05, 3.63) is 41.6 Å². The molecule has 10 heteroatoms. The highest BCUT2D eigenvalue weighted by molar-refractivity contribution is 5.95. The van der Waals surface area contributed by atoms with Gasteiger partial charge in [-0.15, -0.1) is 0 Å². The number of morpholine rings is 1. The summed E-state index contributed by atoms with van der Waals surface area (Å²) in [6.07, 6.45) is 3.91. The van der Waals surface area contributed by atoms with Gasteiger partial charge in [-0.25, -0.2) is 4.98 Å². The summed E-state index contributed by atoms with van der Waals surface area (Å²) in [6.45, 7) is 3.26. The van der Waals surface area contributed by atoms with Gasteiger partial charge >= 0.3 is 0 Å². The molecule has 1 saturated heterocycles. The number of fused-ring (bicyclic) bond motifs is 1. The van der Waals surface area contributed by atoms with Crippen LogP contribution in [0.15, 0.2) is 35.7 Å². The van der Waals surface area contributed by atoms with Crippen molar-refractivity contribution in [1.82, 2.24) is 19.9 Å². The van der Waals surface area contributed by atoms with Gasteiger partial charge in [-0.2, -0.15) is 5.10 Å². The molecule has 0 radical (unpaired) electrons. The minimum absolute atomic E-state index is 0.0776. The van der Waals surface area contributed by atoms with Crippen LogP contribution in [0, 0.1) is 0 Å². The lowest BCUT2D eigenvalue weighted by atomic mass is 10.2. The first-order valence-electron chi connectivity index (χ1n) is 9.36. The third-order valence-electron chi connectivity index (χ3n) is 4.81. The summed E-state index contributed by atoms with van der Waals surface area (Å²) >= 11 is 0. The van der Waals surface area contributed by atoms with Gasteiger partial charge in [0.05, 0.1) is 25.3 Å². The number of anilines is 2. The maximum atomic E-state index is 12.7. The zero-order valence-electron chi connectivity index (χ0n) is 16.1. The first-order valence-corrected chi connectivity index (χ1v) is 9.36. The number of rotatable bonds is 4. The summed E-state index contributed by atoms with van der Waals surface area (Å²) < 4.78 is 12.5. The number of pyridine rings is 2. The van der Waals surface area contributed by atoms with Crippen LogP contribution < -0.4 is 20.6 Å². The summed E-state index contributed by atoms with van der Waals surface area (Å²) in [4.78, 5) is 32.2. The van der Waals surface area contributed by atoms with Gasteiger partial charge in [0.25, 0.3) is 5.91 Å². The van der Waals surface area contributed by atoms with Crippen LogP contribution in [0.25, 0.3) is 0 Å². The topological polar surface area (TPSA) is 101 Å². The van der Waals surface area contributed by atoms with Crippen molar-refractivity contribution < 1.29 is 19.1 Å². The second kappa shape index (κ2) is 8.31. The van der Waals surface area contributed by atoms with Gasteiger partial charge < -0.3 is 24.7 Å². The maximum Gasteiger partial charge on any atom is 0.255 e. The monoisotopic (exact) mass is 398 g/mol. The zero-order valence-corrected chi connectivity index (χ0v) is 16.1. The van der Waals surface area contributed by atoms with E-state index in [0.29, 0.717) is 68.5 Å². The Kier molecular flexibility index (Phi) is 5.43. The van der Waals surface area contributed by atoms with Gasteiger partial charge in [-0.05, 0) is 12.1 Å². The molecule has 0 bridgehead atoms. The van der Waals surface area contributed by atoms with Gasteiger partial charge in [0.2, 0.25) is 6.41 Å². The van der Waals surface area contributed by atoms with E-state index in [1.54, 1.807) is 36.5 Å². The van der Waals surface area contributed by atoms with E-state index in [1.165, 1.54) is 4.57 Å². The van der Waals surface area contributed by atoms with Crippen molar-refractivity contribution in [2.24, 2.45) is 5.10 Å². The average Bonchev–Trinajstić information content (AvgIpc) is 2.78. The van der Waals surface area contributed by atoms with Crippen molar-refractivity contribution in [2.45, 2.75) is 0 Å². The van der Waals surface area contributed by atoms with Crippen molar-refractivity contribution >= 4 is 23.8 Å². The Bertz CT molecular complexity index is 983. The van der Waals surface area contributed by atoms with E-state index in [2.05, 4.69) is 15.5 Å². The van der Waals surface area contributed by atoms with Gasteiger partial charge in [0.1, 0.15) is 6.61 Å². The summed E-state index contributed by atoms with van der Waals surface area (Å²) in [7, 11) is 1.67. The summed E-state index contributed by atoms with van der Waals surface area (Å²) in [5.41, 5.74) is 4.47. The molecule has 1 fully saturated rings. The van der Waals surface area contributed by atoms with E-state index in [0.717, 1.165) is 5.69 Å². The van der Waals surface area contributed by atoms with Crippen molar-refractivity contribution in [3.63, 3.8) is 0 Å². The second-order valence-corrected chi connectivity index (χ2v) is 6.54. The molecule has 2 aromatic rings. The Morgan fingerprint density at radius 2 is 2.07 bits per heavy atom. The molecule has 0 unspecified atom stereocenters. The third-order valence-corrected chi connectivity index (χ3v) is 4.81. The SMILES string of the molecule is CN/N=c1/cc(N2CCOc3cc(C(=O)N4CCOCC4)cnc32)ccn1C=O. The first kappa shape index (κ1) is 18.9. The van der Waals surface area contributed by atoms with Crippen LogP contribution in [0.5, 0.6) is 5.75 Å². The summed E-state index contributed by atoms with van der Waals surface area (Å²) in [6, 6.07) is 5.33. The van der Waals surface area contributed by atoms with E-state index in [-0.39, 0.29) is 5.91 Å². The Morgan fingerprint density at radius 3 is 2.83 bits per heavy atom. The molecule has 0 atom stereocenters. The third kappa shape index (κ3) is 3.79. The molecule has 0 aliphatic carbocycles. The standard InChI is InChI=1S/C19H22N6O4/c1-20-22-17-11-15(2-3-24(17)13-26)25-6-9-29-16-10-14(12-21-18(16)25)19(27)23-4-7-28-8-5-23/h2-3,10-13,20H,4-9H2,1H3/b22-17-. The molecule has 1 amide bonds. The Morgan fingerprint density at radius 1 is 1.24 bits per heavy atom. The molecule has 2 aromatic heterocycles. The number of carbonyl (C=O) groups excluding carboxylic acids is 2. The fourth-order valence-electron chi connectivity index (χ4n) is 3.37. The Hall–Kier alpha value is -3.40. The molecule has 0 saturated carbocycles. The number of nitrogens with zero attached hydrogens (tertiary/aromatic N) is 5. The van der Waals surface area contributed by atoms with Gasteiger partial charge in [0.15, 0.2) is 17.1 Å². The number of nitrogens with one attached hydrogen (secondary N) is 1. The number of aromatic nitrogens is 2. The molecule has 4 heterocycles. The van der Waals surface area contributed by atoms with Crippen LogP contribution in [-0.2, 0) is 9.53 Å². The lowest BCUT2D eigenvalue weighted by molar-refractivity contribution is 0.0302. The van der Waals surface area contributed by atoms with Crippen molar-refractivity contribution in [3.8, 4) is 5.75 Å². The van der Waals surface area contributed by atoms with Gasteiger partial charge in [-0.1, -0.05) is 0 Å². The molecular formula is C19H22N6O4. The number of ether oxygens (including phenoxy) is 2. The normalized spacial score (nSPS) is 16.8. The highest BCUT2D eigenvalue weighted by Gasteiger charge is 2.25. The van der Waals surface area contributed by atoms with E-state index in [1.807, 2.05) is 11.0 Å². The van der Waals surface area contributed by atoms with Crippen LogP contribution in [0.2, 0.25) is 0 Å². The van der Waals surface area contributed by atoms with Crippen LogP contribution >= 0.6 is 0 Å². The highest BCUT2D eigenvalue weighted by atomic mass is 16.5. The van der Waals surface area contributed by atoms with E-state index >= 15 is 0 Å². The fraction of sp³-hybridized carbons (Fsp3) is 0.368. The molecule has 152 valence electrons. The molecule has 0 spiro atoms. The molecule has 10 nitrogen and oxygen atoms in total. The quantitative estimate of drug-likeness (QED) is 0.570. The van der Waals surface area contributed by atoms with Crippen molar-refractivity contribution in [2.75, 3.05) is 51.4 Å². The number of hydrogen-bond acceptors (Lipinski definition) is 8. The van der Waals surface area contributed by atoms with E-state index < -0.39 is 0 Å². The molecular weight excluding hydrogens is 376 g/mol. The maximum absolute atomic E-state index is 12.7. The van der Waals surface area contributed by atoms with E-state index in [9.17, 15) is 9.59 Å². The minimum atomic E-state index is -0.0776. The lowest BCUT2D eigenvalue weighted by Gasteiger charge is -2.31. The smallest absolute Gasteiger partial charge is 0.255 e. The molecule has 2 aliphatic heterocycles. The number of carbonyl (C=O) groups is 2. The molecule has 4 rings (SSSR count). The van der Waals surface area contributed by atoms with E-state index in [4.69, 9.17) is 9.47 Å². The second-order valence-electron chi connectivity index (χ2n) is 6.54. The van der Waals surface area contributed by atoms with Crippen LogP contribution in [-0.4, -0.2) is 73.3 Å². The summed E-state index contributed by atoms with van der Waals surface area (Å²) in [5.74, 6) is 1.09.